The molecule has 1 unspecified atom stereocenters. The van der Waals surface area contributed by atoms with Crippen LogP contribution in [0.2, 0.25) is 0 Å². The maximum Gasteiger partial charge on any atom is 0.368 e. The molecule has 0 aliphatic carbocycles. The third-order valence-electron chi connectivity index (χ3n) is 7.55. The van der Waals surface area contributed by atoms with Gasteiger partial charge in [0.05, 0.1) is 30.6 Å². The lowest BCUT2D eigenvalue weighted by Crippen LogP contribution is -2.56. The number of ether oxygens (including phenoxy) is 1. The SMILES string of the molecule is CCCCCC(C)(CCC)c1ccc(N2CCN(C3COC3)CC2)c(-n2nnn(C)c2=O)c1. The molecule has 0 N–H and O–H groups in total. The number of rotatable bonds is 10. The highest BCUT2D eigenvalue weighted by molar-refractivity contribution is 5.64. The van der Waals surface area contributed by atoms with E-state index in [4.69, 9.17) is 4.74 Å². The van der Waals surface area contributed by atoms with Crippen LogP contribution >= 0.6 is 0 Å². The summed E-state index contributed by atoms with van der Waals surface area (Å²) in [6.45, 7) is 12.5. The molecule has 0 saturated carbocycles. The number of benzene rings is 1. The topological polar surface area (TPSA) is 68.4 Å². The second kappa shape index (κ2) is 10.4. The van der Waals surface area contributed by atoms with E-state index in [-0.39, 0.29) is 11.1 Å². The van der Waals surface area contributed by atoms with Crippen molar-refractivity contribution in [3.05, 3.63) is 34.2 Å². The summed E-state index contributed by atoms with van der Waals surface area (Å²) in [5.41, 5.74) is 3.09. The number of piperazine rings is 1. The second-order valence-electron chi connectivity index (χ2n) is 9.98. The number of unbranched alkanes of at least 4 members (excludes halogenated alkanes) is 2. The summed E-state index contributed by atoms with van der Waals surface area (Å²) in [7, 11) is 1.65. The van der Waals surface area contributed by atoms with E-state index in [1.165, 1.54) is 34.2 Å². The zero-order valence-corrected chi connectivity index (χ0v) is 20.8. The van der Waals surface area contributed by atoms with Crippen molar-refractivity contribution in [3.8, 4) is 5.69 Å². The minimum absolute atomic E-state index is 0.0892. The van der Waals surface area contributed by atoms with Crippen LogP contribution in [-0.2, 0) is 17.2 Å². The molecule has 0 amide bonds. The van der Waals surface area contributed by atoms with E-state index in [0.717, 1.165) is 70.0 Å². The fourth-order valence-electron chi connectivity index (χ4n) is 5.29. The van der Waals surface area contributed by atoms with E-state index >= 15 is 0 Å². The second-order valence-corrected chi connectivity index (χ2v) is 9.98. The van der Waals surface area contributed by atoms with Gasteiger partial charge in [-0.2, -0.15) is 9.36 Å². The Hall–Kier alpha value is -2.19. The van der Waals surface area contributed by atoms with Gasteiger partial charge in [0.2, 0.25) is 0 Å². The molecule has 3 heterocycles. The Kier molecular flexibility index (Phi) is 7.54. The third kappa shape index (κ3) is 5.01. The monoisotopic (exact) mass is 456 g/mol. The van der Waals surface area contributed by atoms with E-state index < -0.39 is 0 Å². The van der Waals surface area contributed by atoms with Gasteiger partial charge in [-0.25, -0.2) is 4.79 Å². The zero-order chi connectivity index (χ0) is 23.4. The van der Waals surface area contributed by atoms with Gasteiger partial charge in [-0.15, -0.1) is 0 Å². The molecule has 2 aromatic rings. The first-order chi connectivity index (χ1) is 16.0. The maximum absolute atomic E-state index is 12.8. The van der Waals surface area contributed by atoms with Gasteiger partial charge in [0, 0.05) is 33.2 Å². The summed E-state index contributed by atoms with van der Waals surface area (Å²) in [6.07, 6.45) is 7.13. The van der Waals surface area contributed by atoms with Gasteiger partial charge in [0.1, 0.15) is 0 Å². The van der Waals surface area contributed by atoms with E-state index in [1.54, 1.807) is 7.05 Å². The highest BCUT2D eigenvalue weighted by Crippen LogP contribution is 2.38. The van der Waals surface area contributed by atoms with Crippen molar-refractivity contribution in [1.29, 1.82) is 0 Å². The number of aromatic nitrogens is 4. The van der Waals surface area contributed by atoms with E-state index in [1.807, 2.05) is 0 Å². The maximum atomic E-state index is 12.8. The lowest BCUT2D eigenvalue weighted by atomic mass is 9.74. The first-order valence-electron chi connectivity index (χ1n) is 12.7. The molecule has 0 radical (unpaired) electrons. The van der Waals surface area contributed by atoms with Gasteiger partial charge in [-0.05, 0) is 46.4 Å². The van der Waals surface area contributed by atoms with Crippen molar-refractivity contribution >= 4 is 5.69 Å². The first-order valence-corrected chi connectivity index (χ1v) is 12.7. The summed E-state index contributed by atoms with van der Waals surface area (Å²) in [6, 6.07) is 7.27. The molecular formula is C25H40N6O2. The Morgan fingerprint density at radius 3 is 2.33 bits per heavy atom. The number of nitrogens with zero attached hydrogens (tertiary/aromatic N) is 6. The molecule has 2 aliphatic heterocycles. The molecule has 0 spiro atoms. The van der Waals surface area contributed by atoms with Crippen LogP contribution in [0, 0.1) is 0 Å². The molecule has 1 aromatic carbocycles. The number of anilines is 1. The lowest BCUT2D eigenvalue weighted by Gasteiger charge is -2.43. The van der Waals surface area contributed by atoms with Crippen LogP contribution in [0.25, 0.3) is 5.69 Å². The van der Waals surface area contributed by atoms with Crippen molar-refractivity contribution in [2.45, 2.75) is 70.8 Å². The molecule has 4 rings (SSSR count). The first kappa shape index (κ1) is 24.0. The number of hydrogen-bond acceptors (Lipinski definition) is 6. The minimum atomic E-state index is -0.207. The fourth-order valence-corrected chi connectivity index (χ4v) is 5.29. The van der Waals surface area contributed by atoms with Crippen LogP contribution in [0.4, 0.5) is 5.69 Å². The Morgan fingerprint density at radius 1 is 1.00 bits per heavy atom. The largest absolute Gasteiger partial charge is 0.378 e. The van der Waals surface area contributed by atoms with Gasteiger partial charge in [-0.3, -0.25) is 4.90 Å². The van der Waals surface area contributed by atoms with Crippen LogP contribution < -0.4 is 10.6 Å². The Balaban J connectivity index is 1.67. The molecule has 8 nitrogen and oxygen atoms in total. The normalized spacial score (nSPS) is 19.5. The molecule has 2 fully saturated rings. The molecule has 1 atom stereocenters. The van der Waals surface area contributed by atoms with Gasteiger partial charge < -0.3 is 9.64 Å². The standard InChI is InChI=1S/C25H40N6O2/c1-5-7-8-12-25(3,11-6-2)20-9-10-22(23(17-20)31-24(32)28(4)26-27-31)30-15-13-29(14-16-30)21-18-33-19-21/h9-10,17,21H,5-8,11-16,18-19H2,1-4H3. The van der Waals surface area contributed by atoms with E-state index in [0.29, 0.717) is 6.04 Å². The molecule has 2 saturated heterocycles. The summed E-state index contributed by atoms with van der Waals surface area (Å²) in [5, 5.41) is 8.21. The van der Waals surface area contributed by atoms with Crippen LogP contribution in [0.15, 0.2) is 23.0 Å². The quantitative estimate of drug-likeness (QED) is 0.512. The van der Waals surface area contributed by atoms with Gasteiger partial charge in [-0.1, -0.05) is 52.5 Å². The predicted molar refractivity (Wildman–Crippen MR) is 131 cm³/mol. The summed E-state index contributed by atoms with van der Waals surface area (Å²) in [4.78, 5) is 17.8. The average Bonchev–Trinajstić information content (AvgIpc) is 3.11. The Bertz CT molecular complexity index is 974. The van der Waals surface area contributed by atoms with Crippen LogP contribution in [0.5, 0.6) is 0 Å². The lowest BCUT2D eigenvalue weighted by molar-refractivity contribution is -0.0660. The van der Waals surface area contributed by atoms with Crippen LogP contribution in [-0.4, -0.2) is 70.1 Å². The molecule has 1 aromatic heterocycles. The predicted octanol–water partition coefficient (Wildman–Crippen LogP) is 3.12. The highest BCUT2D eigenvalue weighted by Gasteiger charge is 2.31. The molecule has 33 heavy (non-hydrogen) atoms. The smallest absolute Gasteiger partial charge is 0.368 e. The van der Waals surface area contributed by atoms with Gasteiger partial charge in [0.15, 0.2) is 0 Å². The number of hydrogen-bond donors (Lipinski definition) is 0. The van der Waals surface area contributed by atoms with Gasteiger partial charge >= 0.3 is 5.69 Å². The number of tetrazole rings is 1. The van der Waals surface area contributed by atoms with E-state index in [9.17, 15) is 4.79 Å². The van der Waals surface area contributed by atoms with E-state index in [2.05, 4.69) is 59.2 Å². The summed E-state index contributed by atoms with van der Waals surface area (Å²) < 4.78 is 8.16. The summed E-state index contributed by atoms with van der Waals surface area (Å²) in [5.74, 6) is 0. The third-order valence-corrected chi connectivity index (χ3v) is 7.55. The minimum Gasteiger partial charge on any atom is -0.378 e. The van der Waals surface area contributed by atoms with Crippen molar-refractivity contribution in [2.75, 3.05) is 44.3 Å². The van der Waals surface area contributed by atoms with Crippen molar-refractivity contribution in [2.24, 2.45) is 7.05 Å². The van der Waals surface area contributed by atoms with Crippen molar-refractivity contribution in [1.82, 2.24) is 24.7 Å². The average molecular weight is 457 g/mol. The summed E-state index contributed by atoms with van der Waals surface area (Å²) >= 11 is 0. The molecule has 8 heteroatoms. The van der Waals surface area contributed by atoms with Crippen LogP contribution in [0.1, 0.15) is 64.9 Å². The van der Waals surface area contributed by atoms with Crippen molar-refractivity contribution < 1.29 is 4.74 Å². The molecule has 182 valence electrons. The van der Waals surface area contributed by atoms with Gasteiger partial charge in [0.25, 0.3) is 0 Å². The molecule has 0 bridgehead atoms. The number of aryl methyl sites for hydroxylation is 1. The van der Waals surface area contributed by atoms with Crippen molar-refractivity contribution in [3.63, 3.8) is 0 Å². The molecule has 2 aliphatic rings. The Morgan fingerprint density at radius 2 is 1.76 bits per heavy atom. The zero-order valence-electron chi connectivity index (χ0n) is 20.8. The fraction of sp³-hybridized carbons (Fsp3) is 0.720. The molecular weight excluding hydrogens is 416 g/mol. The highest BCUT2D eigenvalue weighted by atomic mass is 16.5. The Labute approximate surface area is 197 Å². The van der Waals surface area contributed by atoms with Crippen LogP contribution in [0.3, 0.4) is 0 Å².